The largest absolute Gasteiger partial charge is 0.331 e. The van der Waals surface area contributed by atoms with Crippen LogP contribution in [0.3, 0.4) is 0 Å². The highest BCUT2D eigenvalue weighted by molar-refractivity contribution is 7.51. The minimum absolute atomic E-state index is 0.180. The van der Waals surface area contributed by atoms with Crippen molar-refractivity contribution in [3.8, 4) is 22.9 Å². The van der Waals surface area contributed by atoms with E-state index >= 15 is 0 Å². The molecule has 0 fully saturated rings. The molecule has 0 aliphatic heterocycles. The molecule has 2 heterocycles. The van der Waals surface area contributed by atoms with Gasteiger partial charge in [-0.1, -0.05) is 18.2 Å². The lowest BCUT2D eigenvalue weighted by Crippen LogP contribution is -2.34. The predicted octanol–water partition coefficient (Wildman–Crippen LogP) is 3.12. The molecule has 0 amide bonds. The molecule has 148 valence electrons. The van der Waals surface area contributed by atoms with Gasteiger partial charge in [0.25, 0.3) is 0 Å². The summed E-state index contributed by atoms with van der Waals surface area (Å²) in [6, 6.07) is 21.8. The average Bonchev–Trinajstić information content (AvgIpc) is 2.77. The van der Waals surface area contributed by atoms with Crippen molar-refractivity contribution in [1.82, 2.24) is 0 Å². The maximum atomic E-state index is 11.0. The van der Waals surface area contributed by atoms with Crippen LogP contribution in [0.5, 0.6) is 0 Å². The van der Waals surface area contributed by atoms with Crippen molar-refractivity contribution in [3.63, 3.8) is 0 Å². The molecule has 0 radical (unpaired) electrons. The summed E-state index contributed by atoms with van der Waals surface area (Å²) in [6.07, 6.45) is 7.43. The van der Waals surface area contributed by atoms with Gasteiger partial charge in [-0.15, -0.1) is 0 Å². The third kappa shape index (κ3) is 4.29. The molecule has 2 aromatic carbocycles. The summed E-state index contributed by atoms with van der Waals surface area (Å²) >= 11 is 0. The maximum absolute atomic E-state index is 11.0. The van der Waals surface area contributed by atoms with E-state index in [4.69, 9.17) is 9.79 Å². The smallest absolute Gasteiger partial charge is 0.324 e. The van der Waals surface area contributed by atoms with Gasteiger partial charge in [-0.25, -0.2) is 4.57 Å². The first kappa shape index (κ1) is 19.9. The van der Waals surface area contributed by atoms with E-state index in [1.807, 2.05) is 90.0 Å². The van der Waals surface area contributed by atoms with E-state index in [0.717, 1.165) is 27.6 Å². The minimum Gasteiger partial charge on any atom is -0.324 e. The van der Waals surface area contributed by atoms with E-state index in [2.05, 4.69) is 6.07 Å². The van der Waals surface area contributed by atoms with Crippen LogP contribution >= 0.6 is 7.60 Å². The predicted molar refractivity (Wildman–Crippen MR) is 113 cm³/mol. The van der Waals surface area contributed by atoms with E-state index in [9.17, 15) is 9.83 Å². The Labute approximate surface area is 174 Å². The van der Waals surface area contributed by atoms with Gasteiger partial charge in [0.1, 0.15) is 6.16 Å². The SMILES string of the molecule is N#Cc1ccc(-[n+]2ccc(-c3cc[n+](CCP(=O)(O)O)cc3)cc2)c2ccccc12. The first-order valence-corrected chi connectivity index (χ1v) is 11.2. The van der Waals surface area contributed by atoms with Crippen LogP contribution in [0.4, 0.5) is 0 Å². The molecule has 2 N–H and O–H groups in total. The summed E-state index contributed by atoms with van der Waals surface area (Å²) in [6.45, 7) is 0.269. The van der Waals surface area contributed by atoms with Crippen molar-refractivity contribution >= 4 is 18.4 Å². The van der Waals surface area contributed by atoms with Gasteiger partial charge in [0.15, 0.2) is 31.3 Å². The number of pyridine rings is 2. The van der Waals surface area contributed by atoms with Crippen molar-refractivity contribution in [3.05, 3.63) is 91.0 Å². The molecule has 4 rings (SSSR count). The van der Waals surface area contributed by atoms with Crippen LogP contribution in [0.15, 0.2) is 85.5 Å². The van der Waals surface area contributed by atoms with Crippen molar-refractivity contribution < 1.29 is 23.5 Å². The summed E-state index contributed by atoms with van der Waals surface area (Å²) in [5.74, 6) is 0. The second kappa shape index (κ2) is 8.17. The Morgan fingerprint density at radius 2 is 1.43 bits per heavy atom. The number of nitrogens with zero attached hydrogens (tertiary/aromatic N) is 3. The van der Waals surface area contributed by atoms with Crippen LogP contribution in [0.2, 0.25) is 0 Å². The molecule has 0 bridgehead atoms. The molecule has 0 saturated heterocycles. The fraction of sp³-hybridized carbons (Fsp3) is 0.0870. The second-order valence-electron chi connectivity index (χ2n) is 7.00. The molecule has 0 aliphatic carbocycles. The van der Waals surface area contributed by atoms with Gasteiger partial charge in [0.2, 0.25) is 5.69 Å². The second-order valence-corrected chi connectivity index (χ2v) is 8.77. The zero-order valence-electron chi connectivity index (χ0n) is 16.1. The van der Waals surface area contributed by atoms with Crippen molar-refractivity contribution in [2.24, 2.45) is 0 Å². The number of hydrogen-bond donors (Lipinski definition) is 2. The van der Waals surface area contributed by atoms with Gasteiger partial charge in [-0.05, 0) is 23.3 Å². The summed E-state index contributed by atoms with van der Waals surface area (Å²) in [5.41, 5.74) is 3.70. The lowest BCUT2D eigenvalue weighted by Gasteiger charge is -2.05. The first-order chi connectivity index (χ1) is 14.4. The van der Waals surface area contributed by atoms with E-state index in [-0.39, 0.29) is 12.7 Å². The zero-order valence-corrected chi connectivity index (χ0v) is 17.0. The standard InChI is InChI=1S/C23H18N3O3P/c24-17-20-5-6-23(22-4-2-1-3-21(20)22)26-13-9-19(10-14-26)18-7-11-25(12-8-18)15-16-30(27,28)29/h1-14H,15-16H2/p+2. The van der Waals surface area contributed by atoms with Crippen molar-refractivity contribution in [2.75, 3.05) is 6.16 Å². The minimum atomic E-state index is -4.00. The molecule has 0 unspecified atom stereocenters. The highest BCUT2D eigenvalue weighted by atomic mass is 31.2. The van der Waals surface area contributed by atoms with Crippen LogP contribution < -0.4 is 9.13 Å². The van der Waals surface area contributed by atoms with Crippen molar-refractivity contribution in [1.29, 1.82) is 5.26 Å². The maximum Gasteiger partial charge on any atom is 0.331 e. The molecule has 30 heavy (non-hydrogen) atoms. The van der Waals surface area contributed by atoms with Crippen LogP contribution in [-0.2, 0) is 11.1 Å². The molecule has 0 saturated carbocycles. The topological polar surface area (TPSA) is 89.1 Å². The summed E-state index contributed by atoms with van der Waals surface area (Å²) in [4.78, 5) is 18.0. The highest BCUT2D eigenvalue weighted by Crippen LogP contribution is 2.33. The van der Waals surface area contributed by atoms with Crippen LogP contribution in [0.25, 0.3) is 27.6 Å². The van der Waals surface area contributed by atoms with Gasteiger partial charge < -0.3 is 9.79 Å². The Kier molecular flexibility index (Phi) is 5.43. The average molecular weight is 417 g/mol. The van der Waals surface area contributed by atoms with E-state index < -0.39 is 7.60 Å². The Morgan fingerprint density at radius 3 is 2.03 bits per heavy atom. The molecule has 0 atom stereocenters. The fourth-order valence-electron chi connectivity index (χ4n) is 3.43. The number of hydrogen-bond acceptors (Lipinski definition) is 2. The van der Waals surface area contributed by atoms with Crippen molar-refractivity contribution in [2.45, 2.75) is 6.54 Å². The van der Waals surface area contributed by atoms with Crippen LogP contribution in [0, 0.1) is 11.3 Å². The monoisotopic (exact) mass is 417 g/mol. The number of rotatable bonds is 5. The Morgan fingerprint density at radius 1 is 0.833 bits per heavy atom. The lowest BCUT2D eigenvalue weighted by molar-refractivity contribution is -0.692. The lowest BCUT2D eigenvalue weighted by atomic mass is 10.0. The van der Waals surface area contributed by atoms with Gasteiger partial charge >= 0.3 is 7.60 Å². The third-order valence-corrected chi connectivity index (χ3v) is 5.79. The van der Waals surface area contributed by atoms with Gasteiger partial charge in [-0.3, -0.25) is 4.57 Å². The Hall–Kier alpha value is -3.36. The normalized spacial score (nSPS) is 11.4. The number of aromatic nitrogens is 2. The van der Waals surface area contributed by atoms with E-state index in [0.29, 0.717) is 5.56 Å². The summed E-state index contributed by atoms with van der Waals surface area (Å²) in [7, 11) is -4.00. The van der Waals surface area contributed by atoms with Gasteiger partial charge in [0.05, 0.1) is 17.0 Å². The van der Waals surface area contributed by atoms with E-state index in [1.165, 1.54) is 0 Å². The van der Waals surface area contributed by atoms with Gasteiger partial charge in [0, 0.05) is 35.7 Å². The molecule has 6 nitrogen and oxygen atoms in total. The molecule has 7 heteroatoms. The van der Waals surface area contributed by atoms with E-state index in [1.54, 1.807) is 4.57 Å². The fourth-order valence-corrected chi connectivity index (χ4v) is 3.92. The van der Waals surface area contributed by atoms with Crippen LogP contribution in [0.1, 0.15) is 5.56 Å². The quantitative estimate of drug-likeness (QED) is 0.386. The highest BCUT2D eigenvalue weighted by Gasteiger charge is 2.16. The third-order valence-electron chi connectivity index (χ3n) is 5.00. The molecular weight excluding hydrogens is 397 g/mol. The molecule has 0 spiro atoms. The summed E-state index contributed by atoms with van der Waals surface area (Å²) in [5, 5.41) is 11.3. The molecule has 2 aromatic heterocycles. The van der Waals surface area contributed by atoms with Crippen LogP contribution in [-0.4, -0.2) is 15.9 Å². The number of nitriles is 1. The first-order valence-electron chi connectivity index (χ1n) is 9.42. The summed E-state index contributed by atoms with van der Waals surface area (Å²) < 4.78 is 14.8. The number of aryl methyl sites for hydroxylation is 1. The Balaban J connectivity index is 1.61. The van der Waals surface area contributed by atoms with Gasteiger partial charge in [-0.2, -0.15) is 9.83 Å². The number of fused-ring (bicyclic) bond motifs is 1. The zero-order chi connectivity index (χ0) is 21.1. The molecule has 4 aromatic rings. The molecular formula is C23H20N3O3P+2. The Bertz CT molecular complexity index is 1290. The number of benzene rings is 2. The molecule has 0 aliphatic rings.